The highest BCUT2D eigenvalue weighted by molar-refractivity contribution is 6.13. The molecule has 4 aliphatic rings. The second-order valence-corrected chi connectivity index (χ2v) is 28.9. The van der Waals surface area contributed by atoms with Crippen molar-refractivity contribution in [1.82, 2.24) is 31.1 Å². The van der Waals surface area contributed by atoms with E-state index in [1.54, 1.807) is 81.6 Å². The quantitative estimate of drug-likeness (QED) is 0.0104. The Morgan fingerprint density at radius 3 is 1.72 bits per heavy atom. The first-order valence-corrected chi connectivity index (χ1v) is 40.1. The van der Waals surface area contributed by atoms with Crippen molar-refractivity contribution in [3.8, 4) is 23.0 Å². The van der Waals surface area contributed by atoms with E-state index in [1.807, 2.05) is 53.7 Å². The smallest absolute Gasteiger partial charge is 0.414 e. The average Bonchev–Trinajstić information content (AvgIpc) is 1.58. The highest BCUT2D eigenvalue weighted by Gasteiger charge is 2.34. The Hall–Kier alpha value is -11.3. The van der Waals surface area contributed by atoms with Crippen LogP contribution in [0.1, 0.15) is 100 Å². The summed E-state index contributed by atoms with van der Waals surface area (Å²) in [6.45, 7) is 13.2. The molecule has 120 heavy (non-hydrogen) atoms. The van der Waals surface area contributed by atoms with Gasteiger partial charge in [0, 0.05) is 106 Å². The number of benzene rings is 6. The fourth-order valence-corrected chi connectivity index (χ4v) is 13.2. The second-order valence-electron chi connectivity index (χ2n) is 28.9. The molecule has 0 saturated carbocycles. The Bertz CT molecular complexity index is 4560. The largest absolute Gasteiger partial charge is 0.493 e. The molecular formula is C88H108N10O22. The maximum absolute atomic E-state index is 14.2. The number of anilines is 2. The maximum atomic E-state index is 14.2. The number of Topliss-reactive ketones (excluding diaryl/α,β-unsaturated/α-hetero) is 1. The molecule has 2 unspecified atom stereocenters. The molecule has 0 aliphatic carbocycles. The molecule has 6 aromatic rings. The zero-order valence-electron chi connectivity index (χ0n) is 69.0. The number of aliphatic imine (C=N–C) groups is 2. The first-order chi connectivity index (χ1) is 58.2. The van der Waals surface area contributed by atoms with Gasteiger partial charge in [0.05, 0.1) is 143 Å². The van der Waals surface area contributed by atoms with Crippen molar-refractivity contribution >= 4 is 88.4 Å². The standard InChI is InChI=1S/C88H108N10O22/c1-58(2)84(95-81(101)23-26-110-28-30-112-32-34-114-36-38-116-40-41-117-39-37-115-35-33-113-31-29-111-27-24-89-80(100)22-25-97-82(102)20-21-83(97)103)86(105)93-59(3)85(104)94-68-18-16-61(17-19-68)55-120-88(107)96(5)70-43-62(56-118-78-49-74(72(60(4)99)47-76(78)108-6)91-52-69-45-64-12-8-10-14-66(64)51-90-69)42-63(44-70)57-119-79-50-75-73(48-77(79)109-7)87(106)98-54-67-15-11-9-13-65(67)46-71(98)53-92-75/h8-21,42-44,47-50,52-53,58-59,69,71,84,90H,22-41,45-46,51,54-57H2,1-7H3,(H,89,100)(H,93,105)(H,94,104)(H,95,101)/t59-,69?,71?,84-/m0/s1. The van der Waals surface area contributed by atoms with Crippen molar-refractivity contribution in [1.29, 1.82) is 0 Å². The van der Waals surface area contributed by atoms with Crippen LogP contribution in [0.2, 0.25) is 0 Å². The predicted molar refractivity (Wildman–Crippen MR) is 445 cm³/mol. The summed E-state index contributed by atoms with van der Waals surface area (Å²) in [6, 6.07) is 32.8. The number of methoxy groups -OCH3 is 2. The fourth-order valence-electron chi connectivity index (χ4n) is 13.2. The van der Waals surface area contributed by atoms with Gasteiger partial charge in [-0.1, -0.05) is 74.5 Å². The van der Waals surface area contributed by atoms with Gasteiger partial charge in [-0.15, -0.1) is 0 Å². The SMILES string of the molecule is COc1cc(C(C)=O)c(N=CC2Cc3ccccc3CN2)cc1OCc1cc(COc2cc3c(cc2OC)C(=O)N2Cc4ccccc4CC2C=N3)cc(N(C)C(=O)OCc2ccc(NC(=O)[C@H](C)NC(=O)[C@@H](NC(=O)CCOCCOCCOCCOCCOCCOCCOCCOCCNC(=O)CCN3C(=O)C=CC3=O)C(C)C)cc2)c1. The van der Waals surface area contributed by atoms with Crippen LogP contribution in [0, 0.1) is 5.92 Å². The minimum Gasteiger partial charge on any atom is -0.493 e. The first-order valence-electron chi connectivity index (χ1n) is 40.1. The third-order valence-electron chi connectivity index (χ3n) is 19.8. The van der Waals surface area contributed by atoms with Crippen LogP contribution in [0.3, 0.4) is 0 Å². The number of fused-ring (bicyclic) bond motifs is 4. The van der Waals surface area contributed by atoms with Crippen LogP contribution in [0.25, 0.3) is 0 Å². The molecule has 32 nitrogen and oxygen atoms in total. The Kier molecular flexibility index (Phi) is 36.0. The van der Waals surface area contributed by atoms with Gasteiger partial charge in [-0.2, -0.15) is 0 Å². The predicted octanol–water partition coefficient (Wildman–Crippen LogP) is 8.08. The molecule has 10 rings (SSSR count). The lowest BCUT2D eigenvalue weighted by Gasteiger charge is -2.34. The highest BCUT2D eigenvalue weighted by Crippen LogP contribution is 2.40. The highest BCUT2D eigenvalue weighted by atomic mass is 16.6. The monoisotopic (exact) mass is 1660 g/mol. The fraction of sp³-hybridized carbons (Fsp3) is 0.443. The molecule has 6 aromatic carbocycles. The summed E-state index contributed by atoms with van der Waals surface area (Å²) < 4.78 is 74.7. The van der Waals surface area contributed by atoms with E-state index in [0.717, 1.165) is 16.9 Å². The summed E-state index contributed by atoms with van der Waals surface area (Å²) in [5, 5.41) is 14.5. The molecule has 4 heterocycles. The number of amides is 8. The van der Waals surface area contributed by atoms with Gasteiger partial charge in [0.1, 0.15) is 31.9 Å². The van der Waals surface area contributed by atoms with Gasteiger partial charge in [-0.05, 0) is 114 Å². The number of ketones is 1. The van der Waals surface area contributed by atoms with Crippen molar-refractivity contribution in [3.05, 3.63) is 177 Å². The minimum atomic E-state index is -0.996. The summed E-state index contributed by atoms with van der Waals surface area (Å²) in [6.07, 6.45) is 6.64. The van der Waals surface area contributed by atoms with Crippen molar-refractivity contribution in [3.63, 3.8) is 0 Å². The van der Waals surface area contributed by atoms with Gasteiger partial charge >= 0.3 is 6.09 Å². The van der Waals surface area contributed by atoms with E-state index in [0.29, 0.717) is 186 Å². The van der Waals surface area contributed by atoms with Crippen LogP contribution in [0.4, 0.5) is 27.5 Å². The van der Waals surface area contributed by atoms with Crippen molar-refractivity contribution < 1.29 is 105 Å². The van der Waals surface area contributed by atoms with Crippen LogP contribution in [-0.4, -0.2) is 240 Å². The number of imide groups is 1. The van der Waals surface area contributed by atoms with Gasteiger partial charge < -0.3 is 93.1 Å². The number of ether oxygens (including phenoxy) is 13. The number of carbonyl (C=O) groups is 9. The summed E-state index contributed by atoms with van der Waals surface area (Å²) in [7, 11) is 4.56. The van der Waals surface area contributed by atoms with Gasteiger partial charge in [0.2, 0.25) is 23.6 Å². The molecular weight excluding hydrogens is 1550 g/mol. The van der Waals surface area contributed by atoms with Crippen molar-refractivity contribution in [2.45, 2.75) is 110 Å². The molecule has 0 radical (unpaired) electrons. The zero-order valence-corrected chi connectivity index (χ0v) is 69.0. The zero-order chi connectivity index (χ0) is 85.1. The normalized spacial score (nSPS) is 15.1. The van der Waals surface area contributed by atoms with E-state index in [1.165, 1.54) is 61.8 Å². The van der Waals surface area contributed by atoms with E-state index in [-0.39, 0.29) is 94.6 Å². The number of nitrogens with one attached hydrogen (secondary N) is 5. The second kappa shape index (κ2) is 47.5. The summed E-state index contributed by atoms with van der Waals surface area (Å²) in [4.78, 5) is 130. The van der Waals surface area contributed by atoms with E-state index in [9.17, 15) is 43.2 Å². The van der Waals surface area contributed by atoms with Gasteiger partial charge in [0.25, 0.3) is 17.7 Å². The summed E-state index contributed by atoms with van der Waals surface area (Å²) >= 11 is 0. The first kappa shape index (κ1) is 91.0. The lowest BCUT2D eigenvalue weighted by atomic mass is 9.94. The van der Waals surface area contributed by atoms with E-state index in [4.69, 9.17) is 71.6 Å². The molecule has 4 aliphatic heterocycles. The van der Waals surface area contributed by atoms with Gasteiger partial charge in [-0.3, -0.25) is 58.1 Å². The summed E-state index contributed by atoms with van der Waals surface area (Å²) in [5.41, 5.74) is 8.92. The number of rotatable bonds is 50. The van der Waals surface area contributed by atoms with E-state index < -0.39 is 47.7 Å². The molecule has 0 fully saturated rings. The van der Waals surface area contributed by atoms with Crippen molar-refractivity contribution in [2.75, 3.05) is 150 Å². The lowest BCUT2D eigenvalue weighted by Crippen LogP contribution is -2.53. The van der Waals surface area contributed by atoms with Crippen LogP contribution in [0.15, 0.2) is 137 Å². The number of carbonyl (C=O) groups excluding carboxylic acids is 9. The van der Waals surface area contributed by atoms with Crippen molar-refractivity contribution in [2.24, 2.45) is 15.9 Å². The Morgan fingerprint density at radius 1 is 0.583 bits per heavy atom. The Morgan fingerprint density at radius 2 is 1.13 bits per heavy atom. The average molecular weight is 1660 g/mol. The van der Waals surface area contributed by atoms with Gasteiger partial charge in [-0.25, -0.2) is 4.79 Å². The molecule has 0 spiro atoms. The van der Waals surface area contributed by atoms with Crippen LogP contribution < -0.4 is 50.4 Å². The molecule has 4 atom stereocenters. The molecule has 642 valence electrons. The molecule has 32 heteroatoms. The van der Waals surface area contributed by atoms with Crippen LogP contribution >= 0.6 is 0 Å². The van der Waals surface area contributed by atoms with Crippen LogP contribution in [-0.2, 0) is 117 Å². The molecule has 0 saturated heterocycles. The summed E-state index contributed by atoms with van der Waals surface area (Å²) in [5.74, 6) is -2.00. The van der Waals surface area contributed by atoms with Gasteiger partial charge in [0.15, 0.2) is 28.8 Å². The Balaban J connectivity index is 0.615. The van der Waals surface area contributed by atoms with E-state index in [2.05, 4.69) is 44.8 Å². The molecule has 5 N–H and O–H groups in total. The number of hydrogen-bond acceptors (Lipinski definition) is 25. The topological polar surface area (TPSA) is 368 Å². The van der Waals surface area contributed by atoms with E-state index >= 15 is 0 Å². The molecule has 0 bridgehead atoms. The third-order valence-corrected chi connectivity index (χ3v) is 19.8. The third kappa shape index (κ3) is 27.9. The maximum Gasteiger partial charge on any atom is 0.414 e. The number of nitrogens with zero attached hydrogens (tertiary/aromatic N) is 5. The minimum absolute atomic E-state index is 0.0122. The number of hydrogen-bond donors (Lipinski definition) is 5. The molecule has 0 aromatic heterocycles. The molecule has 8 amide bonds. The lowest BCUT2D eigenvalue weighted by molar-refractivity contribution is -0.137. The van der Waals surface area contributed by atoms with Crippen LogP contribution in [0.5, 0.6) is 23.0 Å². The Labute approximate surface area is 698 Å².